The summed E-state index contributed by atoms with van der Waals surface area (Å²) in [5.74, 6) is 2.30. The molecule has 1 atom stereocenters. The second kappa shape index (κ2) is 10.3. The smallest absolute Gasteiger partial charge is 0.0185 e. The predicted octanol–water partition coefficient (Wildman–Crippen LogP) is 3.24. The van der Waals surface area contributed by atoms with Crippen molar-refractivity contribution in [3.05, 3.63) is 35.9 Å². The summed E-state index contributed by atoms with van der Waals surface area (Å²) in [5, 5.41) is 3.52. The Hall–Kier alpha value is -0.510. The molecule has 2 nitrogen and oxygen atoms in total. The number of hydrogen-bond acceptors (Lipinski definition) is 3. The van der Waals surface area contributed by atoms with E-state index in [0.29, 0.717) is 6.04 Å². The molecule has 0 radical (unpaired) electrons. The van der Waals surface area contributed by atoms with Gasteiger partial charge < -0.3 is 10.2 Å². The van der Waals surface area contributed by atoms with Crippen LogP contribution in [-0.2, 0) is 5.75 Å². The fourth-order valence-corrected chi connectivity index (χ4v) is 2.68. The predicted molar refractivity (Wildman–Crippen MR) is 87.9 cm³/mol. The van der Waals surface area contributed by atoms with Gasteiger partial charge in [0.25, 0.3) is 0 Å². The first-order valence-electron chi connectivity index (χ1n) is 7.26. The third-order valence-corrected chi connectivity index (χ3v) is 4.55. The van der Waals surface area contributed by atoms with E-state index in [1.807, 2.05) is 11.8 Å². The fraction of sp³-hybridized carbons (Fsp3) is 0.625. The van der Waals surface area contributed by atoms with Crippen LogP contribution in [0.5, 0.6) is 0 Å². The maximum absolute atomic E-state index is 3.52. The molecule has 0 fully saturated rings. The standard InChI is InChI=1S/C16H28N2S/c1-4-15(2)18(3)12-10-17-11-13-19-14-16-8-6-5-7-9-16/h5-9,15,17H,4,10-14H2,1-3H3. The van der Waals surface area contributed by atoms with Gasteiger partial charge >= 0.3 is 0 Å². The van der Waals surface area contributed by atoms with Gasteiger partial charge in [0.1, 0.15) is 0 Å². The first kappa shape index (κ1) is 16.5. The SMILES string of the molecule is CCC(C)N(C)CCNCCSCc1ccccc1. The maximum Gasteiger partial charge on any atom is 0.0185 e. The van der Waals surface area contributed by atoms with Crippen molar-refractivity contribution < 1.29 is 0 Å². The Balaban J connectivity index is 1.94. The van der Waals surface area contributed by atoms with Crippen molar-refractivity contribution in [2.45, 2.75) is 32.1 Å². The topological polar surface area (TPSA) is 15.3 Å². The Morgan fingerprint density at radius 1 is 1.21 bits per heavy atom. The van der Waals surface area contributed by atoms with Crippen LogP contribution in [0.25, 0.3) is 0 Å². The summed E-state index contributed by atoms with van der Waals surface area (Å²) in [5.41, 5.74) is 1.42. The van der Waals surface area contributed by atoms with Gasteiger partial charge in [-0.3, -0.25) is 0 Å². The van der Waals surface area contributed by atoms with Gasteiger partial charge in [-0.15, -0.1) is 0 Å². The van der Waals surface area contributed by atoms with Gasteiger partial charge in [-0.1, -0.05) is 37.3 Å². The fourth-order valence-electron chi connectivity index (χ4n) is 1.82. The lowest BCUT2D eigenvalue weighted by Gasteiger charge is -2.23. The first-order chi connectivity index (χ1) is 9.24. The van der Waals surface area contributed by atoms with Crippen LogP contribution in [0.2, 0.25) is 0 Å². The molecular formula is C16H28N2S. The highest BCUT2D eigenvalue weighted by atomic mass is 32.2. The minimum Gasteiger partial charge on any atom is -0.315 e. The van der Waals surface area contributed by atoms with Crippen LogP contribution < -0.4 is 5.32 Å². The monoisotopic (exact) mass is 280 g/mol. The van der Waals surface area contributed by atoms with Crippen molar-refractivity contribution in [2.75, 3.05) is 32.4 Å². The number of nitrogens with one attached hydrogen (secondary N) is 1. The molecule has 3 heteroatoms. The van der Waals surface area contributed by atoms with E-state index in [0.717, 1.165) is 25.4 Å². The van der Waals surface area contributed by atoms with Gasteiger partial charge in [0.05, 0.1) is 0 Å². The van der Waals surface area contributed by atoms with Crippen molar-refractivity contribution in [1.82, 2.24) is 10.2 Å². The molecule has 0 amide bonds. The molecule has 108 valence electrons. The summed E-state index contributed by atoms with van der Waals surface area (Å²) in [4.78, 5) is 2.42. The van der Waals surface area contributed by atoms with Crippen LogP contribution in [0.4, 0.5) is 0 Å². The molecule has 0 aliphatic rings. The minimum atomic E-state index is 0.689. The zero-order valence-electron chi connectivity index (χ0n) is 12.6. The molecule has 0 heterocycles. The van der Waals surface area contributed by atoms with Crippen LogP contribution in [-0.4, -0.2) is 43.4 Å². The van der Waals surface area contributed by atoms with Crippen molar-refractivity contribution >= 4 is 11.8 Å². The molecule has 1 unspecified atom stereocenters. The van der Waals surface area contributed by atoms with Gasteiger partial charge in [-0.2, -0.15) is 11.8 Å². The largest absolute Gasteiger partial charge is 0.315 e. The summed E-state index contributed by atoms with van der Waals surface area (Å²) < 4.78 is 0. The number of hydrogen-bond donors (Lipinski definition) is 1. The Kier molecular flexibility index (Phi) is 8.97. The van der Waals surface area contributed by atoms with Crippen LogP contribution in [0.1, 0.15) is 25.8 Å². The summed E-state index contributed by atoms with van der Waals surface area (Å²) in [6, 6.07) is 11.4. The zero-order valence-corrected chi connectivity index (χ0v) is 13.4. The zero-order chi connectivity index (χ0) is 13.9. The van der Waals surface area contributed by atoms with Crippen LogP contribution in [0, 0.1) is 0 Å². The highest BCUT2D eigenvalue weighted by Crippen LogP contribution is 2.10. The van der Waals surface area contributed by atoms with Crippen LogP contribution >= 0.6 is 11.8 Å². The van der Waals surface area contributed by atoms with Gasteiger partial charge in [0.15, 0.2) is 0 Å². The third-order valence-electron chi connectivity index (χ3n) is 3.52. The summed E-state index contributed by atoms with van der Waals surface area (Å²) in [7, 11) is 2.21. The lowest BCUT2D eigenvalue weighted by Crippen LogP contribution is -2.35. The van der Waals surface area contributed by atoms with Gasteiger partial charge in [-0.05, 0) is 26.0 Å². The summed E-state index contributed by atoms with van der Waals surface area (Å²) >= 11 is 2.00. The van der Waals surface area contributed by atoms with Crippen molar-refractivity contribution in [3.63, 3.8) is 0 Å². The molecule has 0 bridgehead atoms. The van der Waals surface area contributed by atoms with E-state index >= 15 is 0 Å². The molecular weight excluding hydrogens is 252 g/mol. The first-order valence-corrected chi connectivity index (χ1v) is 8.42. The van der Waals surface area contributed by atoms with Crippen molar-refractivity contribution in [2.24, 2.45) is 0 Å². The molecule has 0 spiro atoms. The van der Waals surface area contributed by atoms with E-state index in [1.54, 1.807) is 0 Å². The minimum absolute atomic E-state index is 0.689. The Morgan fingerprint density at radius 2 is 1.95 bits per heavy atom. The van der Waals surface area contributed by atoms with Crippen LogP contribution in [0.15, 0.2) is 30.3 Å². The average molecular weight is 280 g/mol. The van der Waals surface area contributed by atoms with Crippen LogP contribution in [0.3, 0.4) is 0 Å². The Morgan fingerprint density at radius 3 is 2.63 bits per heavy atom. The Labute approximate surface area is 123 Å². The molecule has 0 aliphatic carbocycles. The molecule has 1 aromatic rings. The van der Waals surface area contributed by atoms with E-state index in [4.69, 9.17) is 0 Å². The average Bonchev–Trinajstić information content (AvgIpc) is 2.46. The second-order valence-corrected chi connectivity index (χ2v) is 6.13. The molecule has 0 aromatic heterocycles. The van der Waals surface area contributed by atoms with E-state index in [1.165, 1.54) is 17.7 Å². The second-order valence-electron chi connectivity index (χ2n) is 5.03. The summed E-state index contributed by atoms with van der Waals surface area (Å²) in [6.07, 6.45) is 1.23. The summed E-state index contributed by atoms with van der Waals surface area (Å²) in [6.45, 7) is 7.86. The quantitative estimate of drug-likeness (QED) is 0.662. The van der Waals surface area contributed by atoms with Crippen molar-refractivity contribution in [1.29, 1.82) is 0 Å². The molecule has 0 saturated carbocycles. The highest BCUT2D eigenvalue weighted by Gasteiger charge is 2.04. The number of nitrogens with zero attached hydrogens (tertiary/aromatic N) is 1. The molecule has 0 aliphatic heterocycles. The van der Waals surface area contributed by atoms with Gasteiger partial charge in [0, 0.05) is 37.2 Å². The number of thioether (sulfide) groups is 1. The normalized spacial score (nSPS) is 12.8. The molecule has 1 rings (SSSR count). The highest BCUT2D eigenvalue weighted by molar-refractivity contribution is 7.98. The third kappa shape index (κ3) is 7.61. The van der Waals surface area contributed by atoms with E-state index in [2.05, 4.69) is 61.4 Å². The number of rotatable bonds is 10. The number of likely N-dealkylation sites (N-methyl/N-ethyl adjacent to an activating group) is 1. The van der Waals surface area contributed by atoms with E-state index in [-0.39, 0.29) is 0 Å². The maximum atomic E-state index is 3.52. The molecule has 1 N–H and O–H groups in total. The van der Waals surface area contributed by atoms with E-state index in [9.17, 15) is 0 Å². The van der Waals surface area contributed by atoms with Crippen molar-refractivity contribution in [3.8, 4) is 0 Å². The Bertz CT molecular complexity index is 316. The number of benzene rings is 1. The van der Waals surface area contributed by atoms with Gasteiger partial charge in [0.2, 0.25) is 0 Å². The molecule has 0 saturated heterocycles. The van der Waals surface area contributed by atoms with E-state index < -0.39 is 0 Å². The molecule has 19 heavy (non-hydrogen) atoms. The molecule has 1 aromatic carbocycles. The lowest BCUT2D eigenvalue weighted by molar-refractivity contribution is 0.252. The van der Waals surface area contributed by atoms with Gasteiger partial charge in [-0.25, -0.2) is 0 Å². The lowest BCUT2D eigenvalue weighted by atomic mass is 10.2.